The van der Waals surface area contributed by atoms with Crippen LogP contribution in [-0.2, 0) is 37.5 Å². The summed E-state index contributed by atoms with van der Waals surface area (Å²) in [6.07, 6.45) is 5.64. The Hall–Kier alpha value is -1.54. The molecule has 0 bridgehead atoms. The van der Waals surface area contributed by atoms with Crippen LogP contribution in [0.4, 0.5) is 11.4 Å². The van der Waals surface area contributed by atoms with Gasteiger partial charge in [0.05, 0.1) is 26.2 Å². The van der Waals surface area contributed by atoms with E-state index in [0.717, 1.165) is 60.2 Å². The molecule has 4 rings (SSSR count). The van der Waals surface area contributed by atoms with Crippen LogP contribution in [0, 0.1) is 27.3 Å². The van der Waals surface area contributed by atoms with Gasteiger partial charge in [0.15, 0.2) is 11.2 Å². The van der Waals surface area contributed by atoms with Gasteiger partial charge < -0.3 is 9.80 Å². The summed E-state index contributed by atoms with van der Waals surface area (Å²) < 4.78 is 0.969. The molecule has 0 unspecified atom stereocenters. The summed E-state index contributed by atoms with van der Waals surface area (Å²) in [6.45, 7) is 18.8. The molecule has 0 atom stereocenters. The Morgan fingerprint density at radius 2 is 1.59 bits per heavy atom. The maximum absolute atomic E-state index is 13.3. The predicted octanol–water partition coefficient (Wildman–Crippen LogP) is 6.34. The van der Waals surface area contributed by atoms with E-state index in [0.29, 0.717) is 5.69 Å². The van der Waals surface area contributed by atoms with Gasteiger partial charge in [-0.1, -0.05) is 48.0 Å². The number of likely N-dealkylation sites (N-methyl/N-ethyl adjacent to an activating group) is 1. The summed E-state index contributed by atoms with van der Waals surface area (Å²) in [5.74, 6) is 0.194. The quantitative estimate of drug-likeness (QED) is 0.380. The first-order valence-electron chi connectivity index (χ1n) is 11.6. The third-order valence-corrected chi connectivity index (χ3v) is 7.36. The maximum atomic E-state index is 13.3. The number of aryl methyl sites for hydroxylation is 3. The van der Waals surface area contributed by atoms with Crippen molar-refractivity contribution in [1.82, 2.24) is 0 Å². The molecule has 1 N–H and O–H groups in total. The van der Waals surface area contributed by atoms with Crippen LogP contribution in [0.1, 0.15) is 55.7 Å². The zero-order valence-corrected chi connectivity index (χ0v) is 22.9. The SMILES string of the molecule is Cc1ccccc1.[C-]#[N+]c1cc(C)c(NC(=O)C2([N+]3(CC)CCCC3)CCC2)c(C)c1.[Y]. The molecule has 1 radical (unpaired) electrons. The van der Waals surface area contributed by atoms with E-state index in [-0.39, 0.29) is 44.2 Å². The van der Waals surface area contributed by atoms with Gasteiger partial charge in [-0.05, 0) is 45.2 Å². The van der Waals surface area contributed by atoms with E-state index in [1.807, 2.05) is 44.2 Å². The van der Waals surface area contributed by atoms with Crippen LogP contribution < -0.4 is 5.32 Å². The van der Waals surface area contributed by atoms with Crippen molar-refractivity contribution in [3.63, 3.8) is 0 Å². The average Bonchev–Trinajstić information content (AvgIpc) is 3.21. The molecule has 1 saturated heterocycles. The molecule has 2 aromatic carbocycles. The van der Waals surface area contributed by atoms with Crippen LogP contribution in [0.3, 0.4) is 0 Å². The van der Waals surface area contributed by atoms with Crippen molar-refractivity contribution in [1.29, 1.82) is 0 Å². The molecule has 2 fully saturated rings. The van der Waals surface area contributed by atoms with Gasteiger partial charge in [-0.25, -0.2) is 4.85 Å². The molecule has 167 valence electrons. The fraction of sp³-hybridized carbons (Fsp3) is 0.481. The zero-order valence-electron chi connectivity index (χ0n) is 20.1. The van der Waals surface area contributed by atoms with Crippen LogP contribution in [0.25, 0.3) is 4.85 Å². The van der Waals surface area contributed by atoms with Gasteiger partial charge in [0.25, 0.3) is 5.91 Å². The number of rotatable bonds is 4. The molecule has 1 saturated carbocycles. The molecule has 0 aromatic heterocycles. The minimum atomic E-state index is -0.234. The first kappa shape index (κ1) is 26.7. The molecule has 32 heavy (non-hydrogen) atoms. The first-order valence-corrected chi connectivity index (χ1v) is 11.6. The van der Waals surface area contributed by atoms with Crippen LogP contribution in [0.2, 0.25) is 0 Å². The Bertz CT molecular complexity index is 932. The molecule has 1 heterocycles. The monoisotopic (exact) mass is 507 g/mol. The van der Waals surface area contributed by atoms with E-state index in [1.54, 1.807) is 0 Å². The summed E-state index contributed by atoms with van der Waals surface area (Å²) >= 11 is 0. The molecular formula is C27H36N3OY+. The Kier molecular flexibility index (Phi) is 9.64. The van der Waals surface area contributed by atoms with E-state index in [1.165, 1.54) is 18.4 Å². The number of hydrogen-bond donors (Lipinski definition) is 1. The third kappa shape index (κ3) is 5.33. The molecule has 1 amide bonds. The number of quaternary nitrogens is 1. The molecule has 5 heteroatoms. The van der Waals surface area contributed by atoms with Crippen molar-refractivity contribution < 1.29 is 42.0 Å². The Morgan fingerprint density at radius 1 is 1.03 bits per heavy atom. The number of anilines is 1. The topological polar surface area (TPSA) is 33.5 Å². The van der Waals surface area contributed by atoms with Crippen molar-refractivity contribution in [2.75, 3.05) is 25.0 Å². The fourth-order valence-electron chi connectivity index (χ4n) is 5.38. The van der Waals surface area contributed by atoms with Gasteiger partial charge in [0.2, 0.25) is 0 Å². The third-order valence-electron chi connectivity index (χ3n) is 7.36. The molecule has 4 nitrogen and oxygen atoms in total. The summed E-state index contributed by atoms with van der Waals surface area (Å²) in [6, 6.07) is 14.0. The van der Waals surface area contributed by atoms with Gasteiger partial charge in [0, 0.05) is 64.1 Å². The van der Waals surface area contributed by atoms with E-state index >= 15 is 0 Å². The second-order valence-electron chi connectivity index (χ2n) is 9.18. The van der Waals surface area contributed by atoms with Crippen molar-refractivity contribution in [3.8, 4) is 0 Å². The number of benzene rings is 2. The summed E-state index contributed by atoms with van der Waals surface area (Å²) in [5.41, 5.74) is 4.58. The molecule has 1 aliphatic carbocycles. The number of nitrogens with one attached hydrogen (secondary N) is 1. The second kappa shape index (κ2) is 11.5. The molecule has 0 spiro atoms. The largest absolute Gasteiger partial charge is 0.320 e. The van der Waals surface area contributed by atoms with Crippen molar-refractivity contribution >= 4 is 17.3 Å². The number of nitrogens with zero attached hydrogens (tertiary/aromatic N) is 2. The van der Waals surface area contributed by atoms with Crippen LogP contribution >= 0.6 is 0 Å². The summed E-state index contributed by atoms with van der Waals surface area (Å²) in [4.78, 5) is 16.8. The number of carbonyl (C=O) groups is 1. The Balaban J connectivity index is 0.000000388. The minimum Gasteiger partial charge on any atom is -0.320 e. The zero-order chi connectivity index (χ0) is 22.5. The van der Waals surface area contributed by atoms with Crippen molar-refractivity contribution in [3.05, 3.63) is 70.6 Å². The van der Waals surface area contributed by atoms with E-state index in [2.05, 4.69) is 36.1 Å². The molecule has 1 aliphatic heterocycles. The van der Waals surface area contributed by atoms with Crippen LogP contribution in [0.15, 0.2) is 42.5 Å². The molecule has 2 aromatic rings. The Labute approximate surface area is 219 Å². The van der Waals surface area contributed by atoms with Gasteiger partial charge in [-0.2, -0.15) is 0 Å². The van der Waals surface area contributed by atoms with Gasteiger partial charge in [0.1, 0.15) is 0 Å². The summed E-state index contributed by atoms with van der Waals surface area (Å²) in [7, 11) is 0. The van der Waals surface area contributed by atoms with Gasteiger partial charge >= 0.3 is 0 Å². The van der Waals surface area contributed by atoms with E-state index in [9.17, 15) is 4.79 Å². The number of amides is 1. The number of likely N-dealkylation sites (tertiary alicyclic amines) is 1. The standard InChI is InChI=1S/C20H27N3O.C7H8.Y/c1-5-23(11-6-7-12-23)20(9-8-10-20)19(24)22-18-15(2)13-17(21-4)14-16(18)3;1-7-5-3-2-4-6-7;/h13-14H,5-12H2,1-3H3;2-6H,1H3;/p+1. The maximum Gasteiger partial charge on any atom is 0.285 e. The Morgan fingerprint density at radius 3 is 1.97 bits per heavy atom. The van der Waals surface area contributed by atoms with Gasteiger partial charge in [-0.3, -0.25) is 4.79 Å². The van der Waals surface area contributed by atoms with Crippen LogP contribution in [0.5, 0.6) is 0 Å². The van der Waals surface area contributed by atoms with Crippen molar-refractivity contribution in [2.24, 2.45) is 0 Å². The minimum absolute atomic E-state index is 0. The predicted molar refractivity (Wildman–Crippen MR) is 128 cm³/mol. The van der Waals surface area contributed by atoms with E-state index < -0.39 is 0 Å². The normalized spacial score (nSPS) is 17.6. The van der Waals surface area contributed by atoms with Crippen LogP contribution in [-0.4, -0.2) is 35.6 Å². The molecular weight excluding hydrogens is 471 g/mol. The number of hydrogen-bond acceptors (Lipinski definition) is 1. The molecule has 2 aliphatic rings. The van der Waals surface area contributed by atoms with E-state index in [4.69, 9.17) is 6.57 Å². The first-order chi connectivity index (χ1) is 14.9. The van der Waals surface area contributed by atoms with Crippen molar-refractivity contribution in [2.45, 2.75) is 65.3 Å². The van der Waals surface area contributed by atoms with Gasteiger partial charge in [-0.15, -0.1) is 0 Å². The fourth-order valence-corrected chi connectivity index (χ4v) is 5.38. The summed E-state index contributed by atoms with van der Waals surface area (Å²) in [5, 5.41) is 3.25. The second-order valence-corrected chi connectivity index (χ2v) is 9.18. The smallest absolute Gasteiger partial charge is 0.285 e. The average molecular weight is 508 g/mol. The number of carbonyl (C=O) groups excluding carboxylic acids is 1.